The summed E-state index contributed by atoms with van der Waals surface area (Å²) >= 11 is 0. The molecule has 126 valence electrons. The van der Waals surface area contributed by atoms with Crippen LogP contribution in [0, 0.1) is 0 Å². The number of rotatable bonds is 10. The molecule has 7 nitrogen and oxygen atoms in total. The fourth-order valence-electron chi connectivity index (χ4n) is 1.81. The molecule has 7 heteroatoms. The molecule has 0 spiro atoms. The van der Waals surface area contributed by atoms with E-state index < -0.39 is 31.0 Å². The normalized spacial score (nSPS) is 16.8. The molecule has 1 aromatic rings. The van der Waals surface area contributed by atoms with Crippen molar-refractivity contribution in [3.63, 3.8) is 0 Å². The molecular weight excluding hydrogens is 292 g/mol. The summed E-state index contributed by atoms with van der Waals surface area (Å²) in [5, 5.41) is 46.6. The first-order valence-corrected chi connectivity index (χ1v) is 7.12. The van der Waals surface area contributed by atoms with Crippen molar-refractivity contribution in [2.24, 2.45) is 0 Å². The van der Waals surface area contributed by atoms with Gasteiger partial charge in [-0.1, -0.05) is 12.1 Å². The van der Waals surface area contributed by atoms with E-state index in [1.165, 1.54) is 0 Å². The smallest absolute Gasteiger partial charge is 0.119 e. The van der Waals surface area contributed by atoms with E-state index in [-0.39, 0.29) is 13.2 Å². The highest BCUT2D eigenvalue weighted by Crippen LogP contribution is 2.13. The largest absolute Gasteiger partial charge is 0.494 e. The highest BCUT2D eigenvalue weighted by atomic mass is 16.5. The zero-order valence-corrected chi connectivity index (χ0v) is 12.5. The molecule has 4 atom stereocenters. The van der Waals surface area contributed by atoms with Crippen molar-refractivity contribution in [2.45, 2.75) is 37.9 Å². The first kappa shape index (κ1) is 18.8. The standard InChI is InChI=1S/C15H24O7/c1-2-22-11-5-3-10(4-6-11)8-21-9-13(18)15(20)14(19)12(17)7-16/h3-6,12-20H,2,7-9H2,1H3. The quantitative estimate of drug-likeness (QED) is 0.377. The zero-order valence-electron chi connectivity index (χ0n) is 12.5. The molecule has 1 aromatic carbocycles. The van der Waals surface area contributed by atoms with Gasteiger partial charge in [0.1, 0.15) is 30.2 Å². The highest BCUT2D eigenvalue weighted by molar-refractivity contribution is 5.26. The van der Waals surface area contributed by atoms with Crippen LogP contribution in [0.2, 0.25) is 0 Å². The average Bonchev–Trinajstić information content (AvgIpc) is 2.54. The fourth-order valence-corrected chi connectivity index (χ4v) is 1.81. The van der Waals surface area contributed by atoms with Crippen LogP contribution in [0.3, 0.4) is 0 Å². The van der Waals surface area contributed by atoms with Crippen LogP contribution in [-0.2, 0) is 11.3 Å². The molecule has 0 amide bonds. The molecule has 0 aliphatic rings. The van der Waals surface area contributed by atoms with Gasteiger partial charge in [0.25, 0.3) is 0 Å². The lowest BCUT2D eigenvalue weighted by atomic mass is 10.0. The summed E-state index contributed by atoms with van der Waals surface area (Å²) in [6.07, 6.45) is -6.15. The molecule has 0 bridgehead atoms. The predicted molar refractivity (Wildman–Crippen MR) is 78.4 cm³/mol. The number of ether oxygens (including phenoxy) is 2. The van der Waals surface area contributed by atoms with Gasteiger partial charge in [-0.2, -0.15) is 0 Å². The van der Waals surface area contributed by atoms with Gasteiger partial charge in [-0.25, -0.2) is 0 Å². The molecule has 0 aliphatic heterocycles. The van der Waals surface area contributed by atoms with Crippen LogP contribution < -0.4 is 4.74 Å². The molecule has 5 N–H and O–H groups in total. The van der Waals surface area contributed by atoms with E-state index in [1.54, 1.807) is 12.1 Å². The molecule has 0 fully saturated rings. The number of benzene rings is 1. The third-order valence-corrected chi connectivity index (χ3v) is 3.12. The minimum Gasteiger partial charge on any atom is -0.494 e. The summed E-state index contributed by atoms with van der Waals surface area (Å²) in [6, 6.07) is 7.24. The van der Waals surface area contributed by atoms with Gasteiger partial charge in [0.15, 0.2) is 0 Å². The number of hydrogen-bond acceptors (Lipinski definition) is 7. The number of aliphatic hydroxyl groups is 5. The zero-order chi connectivity index (χ0) is 16.5. The first-order valence-electron chi connectivity index (χ1n) is 7.12. The second-order valence-corrected chi connectivity index (χ2v) is 4.89. The van der Waals surface area contributed by atoms with Gasteiger partial charge in [0.05, 0.1) is 26.4 Å². The van der Waals surface area contributed by atoms with Crippen molar-refractivity contribution >= 4 is 0 Å². The predicted octanol–water partition coefficient (Wildman–Crippen LogP) is -0.962. The van der Waals surface area contributed by atoms with Crippen LogP contribution in [-0.4, -0.2) is 69.8 Å². The van der Waals surface area contributed by atoms with E-state index in [4.69, 9.17) is 14.6 Å². The van der Waals surface area contributed by atoms with Crippen LogP contribution in [0.15, 0.2) is 24.3 Å². The van der Waals surface area contributed by atoms with Crippen molar-refractivity contribution in [2.75, 3.05) is 19.8 Å². The fraction of sp³-hybridized carbons (Fsp3) is 0.600. The lowest BCUT2D eigenvalue weighted by Gasteiger charge is -2.25. The Labute approximate surface area is 129 Å². The molecule has 0 radical (unpaired) electrons. The van der Waals surface area contributed by atoms with Gasteiger partial charge in [-0.3, -0.25) is 0 Å². The maximum Gasteiger partial charge on any atom is 0.119 e. The summed E-state index contributed by atoms with van der Waals surface area (Å²) in [5.41, 5.74) is 0.862. The summed E-state index contributed by atoms with van der Waals surface area (Å²) in [5.74, 6) is 0.753. The van der Waals surface area contributed by atoms with Gasteiger partial charge in [0, 0.05) is 0 Å². The molecule has 0 saturated carbocycles. The Bertz CT molecular complexity index is 409. The maximum atomic E-state index is 9.68. The third kappa shape index (κ3) is 5.88. The Morgan fingerprint density at radius 1 is 0.955 bits per heavy atom. The molecule has 0 heterocycles. The molecule has 1 rings (SSSR count). The van der Waals surface area contributed by atoms with Gasteiger partial charge in [-0.05, 0) is 24.6 Å². The second kappa shape index (κ2) is 9.73. The summed E-state index contributed by atoms with van der Waals surface area (Å²) in [6.45, 7) is 1.77. The Hall–Kier alpha value is -1.22. The van der Waals surface area contributed by atoms with E-state index >= 15 is 0 Å². The first-order chi connectivity index (χ1) is 10.5. The third-order valence-electron chi connectivity index (χ3n) is 3.12. The molecule has 0 saturated heterocycles. The summed E-state index contributed by atoms with van der Waals surface area (Å²) in [7, 11) is 0. The highest BCUT2D eigenvalue weighted by Gasteiger charge is 2.29. The van der Waals surface area contributed by atoms with E-state index in [2.05, 4.69) is 0 Å². The Morgan fingerprint density at radius 2 is 1.55 bits per heavy atom. The number of aliphatic hydroxyl groups excluding tert-OH is 5. The second-order valence-electron chi connectivity index (χ2n) is 4.89. The Morgan fingerprint density at radius 3 is 2.09 bits per heavy atom. The van der Waals surface area contributed by atoms with E-state index in [0.29, 0.717) is 6.61 Å². The topological polar surface area (TPSA) is 120 Å². The lowest BCUT2D eigenvalue weighted by molar-refractivity contribution is -0.130. The summed E-state index contributed by atoms with van der Waals surface area (Å²) in [4.78, 5) is 0. The van der Waals surface area contributed by atoms with Gasteiger partial charge < -0.3 is 35.0 Å². The van der Waals surface area contributed by atoms with Crippen LogP contribution in [0.5, 0.6) is 5.75 Å². The lowest BCUT2D eigenvalue weighted by Crippen LogP contribution is -2.47. The van der Waals surface area contributed by atoms with Crippen molar-refractivity contribution < 1.29 is 35.0 Å². The van der Waals surface area contributed by atoms with Crippen molar-refractivity contribution in [3.05, 3.63) is 29.8 Å². The monoisotopic (exact) mass is 316 g/mol. The van der Waals surface area contributed by atoms with Gasteiger partial charge in [0.2, 0.25) is 0 Å². The van der Waals surface area contributed by atoms with Crippen LogP contribution in [0.25, 0.3) is 0 Å². The Balaban J connectivity index is 2.36. The van der Waals surface area contributed by atoms with Crippen molar-refractivity contribution in [3.8, 4) is 5.75 Å². The van der Waals surface area contributed by atoms with Crippen molar-refractivity contribution in [1.29, 1.82) is 0 Å². The van der Waals surface area contributed by atoms with E-state index in [0.717, 1.165) is 11.3 Å². The van der Waals surface area contributed by atoms with Gasteiger partial charge >= 0.3 is 0 Å². The molecular formula is C15H24O7. The number of hydrogen-bond donors (Lipinski definition) is 5. The van der Waals surface area contributed by atoms with E-state index in [9.17, 15) is 20.4 Å². The minimum absolute atomic E-state index is 0.217. The van der Waals surface area contributed by atoms with Crippen LogP contribution in [0.1, 0.15) is 12.5 Å². The summed E-state index contributed by atoms with van der Waals surface area (Å²) < 4.78 is 10.6. The average molecular weight is 316 g/mol. The van der Waals surface area contributed by atoms with Gasteiger partial charge in [-0.15, -0.1) is 0 Å². The van der Waals surface area contributed by atoms with Crippen molar-refractivity contribution in [1.82, 2.24) is 0 Å². The van der Waals surface area contributed by atoms with E-state index in [1.807, 2.05) is 19.1 Å². The van der Waals surface area contributed by atoms with Crippen LogP contribution >= 0.6 is 0 Å². The SMILES string of the molecule is CCOc1ccc(COCC(O)C(O)C(O)C(O)CO)cc1. The minimum atomic E-state index is -1.64. The molecule has 0 aliphatic carbocycles. The molecule has 22 heavy (non-hydrogen) atoms. The van der Waals surface area contributed by atoms with Crippen LogP contribution in [0.4, 0.5) is 0 Å². The Kier molecular flexibility index (Phi) is 8.32. The molecule has 0 aromatic heterocycles. The molecule has 4 unspecified atom stereocenters. The maximum absolute atomic E-state index is 9.68.